The molecule has 0 bridgehead atoms. The number of carbonyl (C=O) groups excluding carboxylic acids is 1. The monoisotopic (exact) mass is 290 g/mol. The minimum Gasteiger partial charge on any atom is -0.383 e. The van der Waals surface area contributed by atoms with Gasteiger partial charge in [0.25, 0.3) is 0 Å². The maximum atomic E-state index is 13.3. The predicted molar refractivity (Wildman–Crippen MR) is 75.1 cm³/mol. The van der Waals surface area contributed by atoms with Crippen molar-refractivity contribution in [3.8, 4) is 0 Å². The van der Waals surface area contributed by atoms with Crippen LogP contribution in [0.15, 0.2) is 24.3 Å². The smallest absolute Gasteiger partial charge is 0.233 e. The molecule has 0 aliphatic rings. The molecule has 0 saturated carbocycles. The molecule has 1 aromatic rings. The van der Waals surface area contributed by atoms with E-state index in [-0.39, 0.29) is 30.7 Å². The van der Waals surface area contributed by atoms with Gasteiger partial charge in [-0.2, -0.15) is 0 Å². The third kappa shape index (κ3) is 7.77. The predicted octanol–water partition coefficient (Wildman–Crippen LogP) is 1.14. The van der Waals surface area contributed by atoms with Crippen molar-refractivity contribution in [1.29, 1.82) is 0 Å². The Morgan fingerprint density at radius 1 is 1.32 bits per heavy atom. The van der Waals surface area contributed by atoms with E-state index < -0.39 is 0 Å². The third-order valence-corrected chi connectivity index (χ3v) is 2.44. The number of rotatable bonds is 8. The number of hydrogen-bond donors (Lipinski definition) is 2. The van der Waals surface area contributed by atoms with Gasteiger partial charge in [0.05, 0.1) is 13.2 Å². The number of benzene rings is 1. The third-order valence-electron chi connectivity index (χ3n) is 2.44. The second-order valence-electron chi connectivity index (χ2n) is 3.86. The van der Waals surface area contributed by atoms with Crippen molar-refractivity contribution in [3.63, 3.8) is 0 Å². The van der Waals surface area contributed by atoms with E-state index in [1.54, 1.807) is 25.3 Å². The lowest BCUT2D eigenvalue weighted by Gasteiger charge is -2.07. The minimum absolute atomic E-state index is 0. The molecule has 0 aromatic heterocycles. The van der Waals surface area contributed by atoms with E-state index in [0.717, 1.165) is 0 Å². The van der Waals surface area contributed by atoms with Gasteiger partial charge in [0.15, 0.2) is 0 Å². The Morgan fingerprint density at radius 2 is 2.05 bits per heavy atom. The van der Waals surface area contributed by atoms with Crippen molar-refractivity contribution >= 4 is 18.3 Å². The summed E-state index contributed by atoms with van der Waals surface area (Å²) in [7, 11) is 1.61. The molecule has 0 unspecified atom stereocenters. The first-order chi connectivity index (χ1) is 8.74. The summed E-state index contributed by atoms with van der Waals surface area (Å²) < 4.78 is 18.1. The molecule has 0 aliphatic carbocycles. The van der Waals surface area contributed by atoms with E-state index in [9.17, 15) is 9.18 Å². The van der Waals surface area contributed by atoms with Gasteiger partial charge in [0.1, 0.15) is 5.82 Å². The Morgan fingerprint density at radius 3 is 2.74 bits per heavy atom. The first-order valence-corrected chi connectivity index (χ1v) is 5.94. The van der Waals surface area contributed by atoms with Crippen LogP contribution in [0.25, 0.3) is 0 Å². The summed E-state index contributed by atoms with van der Waals surface area (Å²) in [6, 6.07) is 6.57. The van der Waals surface area contributed by atoms with Crippen molar-refractivity contribution in [3.05, 3.63) is 35.6 Å². The molecule has 108 valence electrons. The SMILES string of the molecule is COCCNCC(=O)NCCc1ccccc1F.Cl. The maximum Gasteiger partial charge on any atom is 0.233 e. The van der Waals surface area contributed by atoms with Crippen LogP contribution >= 0.6 is 12.4 Å². The fourth-order valence-electron chi connectivity index (χ4n) is 1.48. The van der Waals surface area contributed by atoms with E-state index in [0.29, 0.717) is 31.7 Å². The van der Waals surface area contributed by atoms with Gasteiger partial charge in [-0.15, -0.1) is 12.4 Å². The lowest BCUT2D eigenvalue weighted by molar-refractivity contribution is -0.120. The summed E-state index contributed by atoms with van der Waals surface area (Å²) in [6.07, 6.45) is 0.497. The Bertz CT molecular complexity index is 377. The van der Waals surface area contributed by atoms with Crippen LogP contribution in [0.5, 0.6) is 0 Å². The Balaban J connectivity index is 0.00000324. The van der Waals surface area contributed by atoms with Crippen LogP contribution in [0.1, 0.15) is 5.56 Å². The highest BCUT2D eigenvalue weighted by atomic mass is 35.5. The lowest BCUT2D eigenvalue weighted by Crippen LogP contribution is -2.36. The molecule has 0 fully saturated rings. The molecular weight excluding hydrogens is 271 g/mol. The molecule has 2 N–H and O–H groups in total. The zero-order valence-electron chi connectivity index (χ0n) is 10.9. The number of ether oxygens (including phenoxy) is 1. The molecule has 1 aromatic carbocycles. The van der Waals surface area contributed by atoms with Crippen LogP contribution in [0, 0.1) is 5.82 Å². The van der Waals surface area contributed by atoms with E-state index in [2.05, 4.69) is 10.6 Å². The number of halogens is 2. The fraction of sp³-hybridized carbons (Fsp3) is 0.462. The van der Waals surface area contributed by atoms with Gasteiger partial charge in [-0.25, -0.2) is 4.39 Å². The molecule has 0 saturated heterocycles. The standard InChI is InChI=1S/C13H19FN2O2.ClH/c1-18-9-8-15-10-13(17)16-7-6-11-4-2-3-5-12(11)14;/h2-5,15H,6-10H2,1H3,(H,16,17);1H. The lowest BCUT2D eigenvalue weighted by atomic mass is 10.1. The highest BCUT2D eigenvalue weighted by Crippen LogP contribution is 2.05. The van der Waals surface area contributed by atoms with Crippen LogP contribution in [0.2, 0.25) is 0 Å². The topological polar surface area (TPSA) is 50.4 Å². The number of hydrogen-bond acceptors (Lipinski definition) is 3. The van der Waals surface area contributed by atoms with Gasteiger partial charge in [0.2, 0.25) is 5.91 Å². The zero-order chi connectivity index (χ0) is 13.2. The van der Waals surface area contributed by atoms with E-state index in [1.807, 2.05) is 0 Å². The Labute approximate surface area is 119 Å². The highest BCUT2D eigenvalue weighted by Gasteiger charge is 2.02. The van der Waals surface area contributed by atoms with Gasteiger partial charge in [-0.3, -0.25) is 4.79 Å². The van der Waals surface area contributed by atoms with E-state index >= 15 is 0 Å². The summed E-state index contributed by atoms with van der Waals surface area (Å²) in [5, 5.41) is 5.66. The van der Waals surface area contributed by atoms with Crippen LogP contribution in [-0.4, -0.2) is 39.3 Å². The Hall–Kier alpha value is -1.17. The van der Waals surface area contributed by atoms with Gasteiger partial charge >= 0.3 is 0 Å². The van der Waals surface area contributed by atoms with Crippen LogP contribution in [-0.2, 0) is 16.0 Å². The molecule has 0 spiro atoms. The van der Waals surface area contributed by atoms with Crippen LogP contribution in [0.3, 0.4) is 0 Å². The van der Waals surface area contributed by atoms with E-state index in [4.69, 9.17) is 4.74 Å². The largest absolute Gasteiger partial charge is 0.383 e. The van der Waals surface area contributed by atoms with Crippen molar-refractivity contribution in [1.82, 2.24) is 10.6 Å². The fourth-order valence-corrected chi connectivity index (χ4v) is 1.48. The zero-order valence-corrected chi connectivity index (χ0v) is 11.8. The molecule has 0 atom stereocenters. The summed E-state index contributed by atoms with van der Waals surface area (Å²) >= 11 is 0. The molecule has 0 aliphatic heterocycles. The first-order valence-electron chi connectivity index (χ1n) is 5.94. The Kier molecular flexibility index (Phi) is 10.1. The molecule has 4 nitrogen and oxygen atoms in total. The first kappa shape index (κ1) is 17.8. The number of carbonyl (C=O) groups is 1. The summed E-state index contributed by atoms with van der Waals surface area (Å²) in [5.74, 6) is -0.326. The van der Waals surface area contributed by atoms with Gasteiger partial charge in [-0.1, -0.05) is 18.2 Å². The molecule has 1 rings (SSSR count). The normalized spacial score (nSPS) is 9.79. The second kappa shape index (κ2) is 10.7. The van der Waals surface area contributed by atoms with Crippen LogP contribution < -0.4 is 10.6 Å². The number of amides is 1. The summed E-state index contributed by atoms with van der Waals surface area (Å²) in [4.78, 5) is 11.4. The molecule has 6 heteroatoms. The average Bonchev–Trinajstić information content (AvgIpc) is 2.37. The van der Waals surface area contributed by atoms with Crippen molar-refractivity contribution in [2.45, 2.75) is 6.42 Å². The van der Waals surface area contributed by atoms with E-state index in [1.165, 1.54) is 6.07 Å². The molecule has 19 heavy (non-hydrogen) atoms. The van der Waals surface area contributed by atoms with Crippen molar-refractivity contribution in [2.75, 3.05) is 33.4 Å². The van der Waals surface area contributed by atoms with Gasteiger partial charge in [-0.05, 0) is 18.1 Å². The maximum absolute atomic E-state index is 13.3. The summed E-state index contributed by atoms with van der Waals surface area (Å²) in [6.45, 7) is 1.89. The quantitative estimate of drug-likeness (QED) is 0.706. The average molecular weight is 291 g/mol. The number of nitrogens with one attached hydrogen (secondary N) is 2. The van der Waals surface area contributed by atoms with Gasteiger partial charge < -0.3 is 15.4 Å². The highest BCUT2D eigenvalue weighted by molar-refractivity contribution is 5.85. The van der Waals surface area contributed by atoms with Crippen molar-refractivity contribution in [2.24, 2.45) is 0 Å². The molecular formula is C13H20ClFN2O2. The molecule has 1 amide bonds. The number of methoxy groups -OCH3 is 1. The molecule has 0 radical (unpaired) electrons. The van der Waals surface area contributed by atoms with Crippen LogP contribution in [0.4, 0.5) is 4.39 Å². The second-order valence-corrected chi connectivity index (χ2v) is 3.86. The summed E-state index contributed by atoms with van der Waals surface area (Å²) in [5.41, 5.74) is 0.616. The minimum atomic E-state index is -0.232. The van der Waals surface area contributed by atoms with Gasteiger partial charge in [0, 0.05) is 20.2 Å². The molecule has 0 heterocycles. The van der Waals surface area contributed by atoms with Crippen molar-refractivity contribution < 1.29 is 13.9 Å².